The molecule has 0 unspecified atom stereocenters. The van der Waals surface area contributed by atoms with Gasteiger partial charge in [0.1, 0.15) is 17.5 Å². The molecule has 0 saturated carbocycles. The molecule has 0 aliphatic carbocycles. The van der Waals surface area contributed by atoms with Crippen molar-refractivity contribution < 1.29 is 0 Å². The van der Waals surface area contributed by atoms with E-state index in [0.29, 0.717) is 11.5 Å². The summed E-state index contributed by atoms with van der Waals surface area (Å²) < 4.78 is 1.99. The molecule has 8 heteroatoms. The van der Waals surface area contributed by atoms with Gasteiger partial charge in [-0.1, -0.05) is 12.1 Å². The van der Waals surface area contributed by atoms with Crippen LogP contribution in [-0.4, -0.2) is 50.6 Å². The van der Waals surface area contributed by atoms with E-state index in [-0.39, 0.29) is 5.82 Å². The SMILES string of the molecule is N#Cc1cnc(N2CCN(Cc3ccc(-n4ccnc4)cc3)CC2)nc1N. The summed E-state index contributed by atoms with van der Waals surface area (Å²) >= 11 is 0. The molecule has 1 aliphatic heterocycles. The van der Waals surface area contributed by atoms with Gasteiger partial charge in [-0.25, -0.2) is 9.97 Å². The molecular formula is C19H20N8. The summed E-state index contributed by atoms with van der Waals surface area (Å²) in [4.78, 5) is 17.1. The van der Waals surface area contributed by atoms with Crippen LogP contribution >= 0.6 is 0 Å². The van der Waals surface area contributed by atoms with E-state index in [0.717, 1.165) is 38.4 Å². The molecule has 2 N–H and O–H groups in total. The second kappa shape index (κ2) is 7.43. The van der Waals surface area contributed by atoms with Crippen molar-refractivity contribution in [1.82, 2.24) is 24.4 Å². The van der Waals surface area contributed by atoms with Crippen LogP contribution in [0.2, 0.25) is 0 Å². The number of nitriles is 1. The molecule has 3 aromatic rings. The smallest absolute Gasteiger partial charge is 0.227 e. The van der Waals surface area contributed by atoms with Crippen LogP contribution in [0.3, 0.4) is 0 Å². The maximum absolute atomic E-state index is 8.93. The number of benzene rings is 1. The van der Waals surface area contributed by atoms with Gasteiger partial charge in [-0.05, 0) is 17.7 Å². The number of hydrogen-bond acceptors (Lipinski definition) is 7. The highest BCUT2D eigenvalue weighted by Gasteiger charge is 2.19. The lowest BCUT2D eigenvalue weighted by Gasteiger charge is -2.34. The third-order valence-electron chi connectivity index (χ3n) is 4.73. The average molecular weight is 360 g/mol. The van der Waals surface area contributed by atoms with Crippen molar-refractivity contribution in [1.29, 1.82) is 5.26 Å². The van der Waals surface area contributed by atoms with Gasteiger partial charge in [0.15, 0.2) is 0 Å². The molecule has 0 atom stereocenters. The van der Waals surface area contributed by atoms with E-state index in [1.54, 1.807) is 12.5 Å². The van der Waals surface area contributed by atoms with Crippen LogP contribution in [0.5, 0.6) is 0 Å². The van der Waals surface area contributed by atoms with Gasteiger partial charge >= 0.3 is 0 Å². The lowest BCUT2D eigenvalue weighted by molar-refractivity contribution is 0.248. The van der Waals surface area contributed by atoms with Crippen molar-refractivity contribution in [3.8, 4) is 11.8 Å². The van der Waals surface area contributed by atoms with Crippen LogP contribution in [0.1, 0.15) is 11.1 Å². The Labute approximate surface area is 157 Å². The highest BCUT2D eigenvalue weighted by Crippen LogP contribution is 2.17. The summed E-state index contributed by atoms with van der Waals surface area (Å²) in [6.45, 7) is 4.42. The number of hydrogen-bond donors (Lipinski definition) is 1. The third kappa shape index (κ3) is 3.73. The molecule has 0 spiro atoms. The monoisotopic (exact) mass is 360 g/mol. The van der Waals surface area contributed by atoms with Crippen molar-refractivity contribution >= 4 is 11.8 Å². The number of piperazine rings is 1. The Hall–Kier alpha value is -3.44. The Morgan fingerprint density at radius 2 is 1.89 bits per heavy atom. The fourth-order valence-corrected chi connectivity index (χ4v) is 3.17. The number of nitrogens with zero attached hydrogens (tertiary/aromatic N) is 7. The number of imidazole rings is 1. The number of anilines is 2. The first-order valence-electron chi connectivity index (χ1n) is 8.80. The standard InChI is InChI=1S/C19H20N8/c20-11-16-12-23-19(24-18(16)21)26-9-7-25(8-10-26)13-15-1-3-17(4-2-15)27-6-5-22-14-27/h1-6,12,14H,7-10,13H2,(H2,21,23,24). The third-order valence-corrected chi connectivity index (χ3v) is 4.73. The summed E-state index contributed by atoms with van der Waals surface area (Å²) in [5.74, 6) is 0.832. The first kappa shape index (κ1) is 17.0. The van der Waals surface area contributed by atoms with Crippen molar-refractivity contribution in [3.05, 3.63) is 60.3 Å². The molecule has 0 bridgehead atoms. The van der Waals surface area contributed by atoms with Gasteiger partial charge in [0.25, 0.3) is 0 Å². The summed E-state index contributed by atoms with van der Waals surface area (Å²) in [6.07, 6.45) is 7.00. The summed E-state index contributed by atoms with van der Waals surface area (Å²) in [5.41, 5.74) is 8.51. The van der Waals surface area contributed by atoms with Crippen molar-refractivity contribution in [2.75, 3.05) is 36.8 Å². The van der Waals surface area contributed by atoms with Crippen LogP contribution in [0.4, 0.5) is 11.8 Å². The molecule has 1 fully saturated rings. The van der Waals surface area contributed by atoms with Crippen molar-refractivity contribution in [2.24, 2.45) is 0 Å². The number of nitrogens with two attached hydrogens (primary N) is 1. The molecule has 0 amide bonds. The Balaban J connectivity index is 1.34. The highest BCUT2D eigenvalue weighted by molar-refractivity contribution is 5.50. The van der Waals surface area contributed by atoms with E-state index in [2.05, 4.69) is 49.0 Å². The van der Waals surface area contributed by atoms with Crippen LogP contribution in [0.25, 0.3) is 5.69 Å². The van der Waals surface area contributed by atoms with E-state index in [4.69, 9.17) is 11.0 Å². The van der Waals surface area contributed by atoms with Crippen LogP contribution in [0.15, 0.2) is 49.2 Å². The summed E-state index contributed by atoms with van der Waals surface area (Å²) in [5, 5.41) is 8.93. The summed E-state index contributed by atoms with van der Waals surface area (Å²) in [7, 11) is 0. The molecule has 8 nitrogen and oxygen atoms in total. The van der Waals surface area contributed by atoms with Gasteiger partial charge in [-0.2, -0.15) is 10.2 Å². The van der Waals surface area contributed by atoms with Gasteiger partial charge in [-0.15, -0.1) is 0 Å². The zero-order valence-corrected chi connectivity index (χ0v) is 14.9. The highest BCUT2D eigenvalue weighted by atomic mass is 15.3. The zero-order chi connectivity index (χ0) is 18.6. The van der Waals surface area contributed by atoms with Gasteiger partial charge in [0, 0.05) is 50.8 Å². The average Bonchev–Trinajstić information content (AvgIpc) is 3.24. The molecule has 3 heterocycles. The molecule has 0 radical (unpaired) electrons. The summed E-state index contributed by atoms with van der Waals surface area (Å²) in [6, 6.07) is 10.5. The Morgan fingerprint density at radius 1 is 1.11 bits per heavy atom. The minimum Gasteiger partial charge on any atom is -0.382 e. The lowest BCUT2D eigenvalue weighted by atomic mass is 10.2. The number of nitrogen functional groups attached to an aromatic ring is 1. The van der Waals surface area contributed by atoms with E-state index >= 15 is 0 Å². The van der Waals surface area contributed by atoms with Crippen molar-refractivity contribution in [3.63, 3.8) is 0 Å². The van der Waals surface area contributed by atoms with E-state index in [1.165, 1.54) is 11.8 Å². The molecule has 1 aromatic carbocycles. The number of aromatic nitrogens is 4. The molecule has 1 aliphatic rings. The van der Waals surface area contributed by atoms with E-state index < -0.39 is 0 Å². The normalized spacial score (nSPS) is 14.9. The molecule has 2 aromatic heterocycles. The van der Waals surface area contributed by atoms with E-state index in [9.17, 15) is 0 Å². The fourth-order valence-electron chi connectivity index (χ4n) is 3.17. The Morgan fingerprint density at radius 3 is 2.52 bits per heavy atom. The zero-order valence-electron chi connectivity index (χ0n) is 14.9. The van der Waals surface area contributed by atoms with Crippen LogP contribution < -0.4 is 10.6 Å². The maximum atomic E-state index is 8.93. The fraction of sp³-hybridized carbons (Fsp3) is 0.263. The largest absolute Gasteiger partial charge is 0.382 e. The minimum atomic E-state index is 0.239. The maximum Gasteiger partial charge on any atom is 0.227 e. The Bertz CT molecular complexity index is 935. The second-order valence-electron chi connectivity index (χ2n) is 6.48. The topological polar surface area (TPSA) is 99.9 Å². The second-order valence-corrected chi connectivity index (χ2v) is 6.48. The lowest BCUT2D eigenvalue weighted by Crippen LogP contribution is -2.46. The minimum absolute atomic E-state index is 0.239. The molecule has 1 saturated heterocycles. The predicted molar refractivity (Wildman–Crippen MR) is 102 cm³/mol. The van der Waals surface area contributed by atoms with E-state index in [1.807, 2.05) is 16.8 Å². The van der Waals surface area contributed by atoms with Gasteiger partial charge in [-0.3, -0.25) is 4.90 Å². The van der Waals surface area contributed by atoms with Gasteiger partial charge in [0.2, 0.25) is 5.95 Å². The van der Waals surface area contributed by atoms with Gasteiger partial charge in [0.05, 0.1) is 12.5 Å². The van der Waals surface area contributed by atoms with Crippen molar-refractivity contribution in [2.45, 2.75) is 6.54 Å². The molecule has 4 rings (SSSR count). The van der Waals surface area contributed by atoms with Crippen LogP contribution in [-0.2, 0) is 6.54 Å². The quantitative estimate of drug-likeness (QED) is 0.751. The number of rotatable bonds is 4. The Kier molecular flexibility index (Phi) is 4.68. The van der Waals surface area contributed by atoms with Crippen LogP contribution in [0, 0.1) is 11.3 Å². The first-order valence-corrected chi connectivity index (χ1v) is 8.80. The predicted octanol–water partition coefficient (Wildman–Crippen LogP) is 1.44. The molecule has 27 heavy (non-hydrogen) atoms. The van der Waals surface area contributed by atoms with Gasteiger partial charge < -0.3 is 15.2 Å². The first-order chi connectivity index (χ1) is 13.2. The molecular weight excluding hydrogens is 340 g/mol. The molecule has 136 valence electrons.